The predicted molar refractivity (Wildman–Crippen MR) is 97.2 cm³/mol. The second-order valence-electron chi connectivity index (χ2n) is 9.52. The fraction of sp³-hybridized carbons (Fsp3) is 0.905. The summed E-state index contributed by atoms with van der Waals surface area (Å²) < 4.78 is 5.37. The number of nitrogens with zero attached hydrogens (tertiary/aromatic N) is 2. The number of carbonyl (C=O) groups is 2. The number of hydrogen-bond acceptors (Lipinski definition) is 3. The molecule has 0 radical (unpaired) electrons. The molecule has 0 aromatic rings. The first-order valence-electron chi connectivity index (χ1n) is 10.8. The molecule has 26 heavy (non-hydrogen) atoms. The molecule has 5 nitrogen and oxygen atoms in total. The molecule has 2 saturated heterocycles. The molecule has 4 saturated carbocycles. The van der Waals surface area contributed by atoms with E-state index in [1.807, 2.05) is 4.90 Å². The summed E-state index contributed by atoms with van der Waals surface area (Å²) in [5, 5.41) is 0. The van der Waals surface area contributed by atoms with Crippen LogP contribution in [0.4, 0.5) is 0 Å². The van der Waals surface area contributed by atoms with Gasteiger partial charge < -0.3 is 14.5 Å². The van der Waals surface area contributed by atoms with Crippen LogP contribution in [0.25, 0.3) is 0 Å². The van der Waals surface area contributed by atoms with E-state index < -0.39 is 0 Å². The van der Waals surface area contributed by atoms with Gasteiger partial charge in [-0.05, 0) is 68.6 Å². The first kappa shape index (κ1) is 17.0. The third kappa shape index (κ3) is 2.96. The van der Waals surface area contributed by atoms with Gasteiger partial charge >= 0.3 is 0 Å². The molecule has 5 heteroatoms. The number of piperidine rings is 1. The molecule has 144 valence electrons. The lowest BCUT2D eigenvalue weighted by Gasteiger charge is -2.54. The fourth-order valence-corrected chi connectivity index (χ4v) is 6.96. The maximum atomic E-state index is 13.4. The van der Waals surface area contributed by atoms with E-state index in [0.29, 0.717) is 50.6 Å². The average molecular weight is 360 g/mol. The summed E-state index contributed by atoms with van der Waals surface area (Å²) in [6.07, 6.45) is 8.47. The van der Waals surface area contributed by atoms with E-state index in [1.54, 1.807) is 0 Å². The molecule has 2 aliphatic heterocycles. The minimum absolute atomic E-state index is 0.00244. The highest BCUT2D eigenvalue weighted by Gasteiger charge is 2.52. The fourth-order valence-electron chi connectivity index (χ4n) is 6.96. The quantitative estimate of drug-likeness (QED) is 0.758. The van der Waals surface area contributed by atoms with Crippen molar-refractivity contribution in [2.75, 3.05) is 39.4 Å². The Kier molecular flexibility index (Phi) is 4.46. The van der Waals surface area contributed by atoms with Crippen LogP contribution in [-0.4, -0.2) is 61.0 Å². The normalized spacial score (nSPS) is 42.2. The summed E-state index contributed by atoms with van der Waals surface area (Å²) in [6.45, 7) is 4.22. The number of carbonyl (C=O) groups excluding carboxylic acids is 2. The van der Waals surface area contributed by atoms with Gasteiger partial charge in [0.2, 0.25) is 11.8 Å². The number of likely N-dealkylation sites (tertiary alicyclic amines) is 1. The smallest absolute Gasteiger partial charge is 0.227 e. The van der Waals surface area contributed by atoms with E-state index in [4.69, 9.17) is 4.74 Å². The summed E-state index contributed by atoms with van der Waals surface area (Å²) in [5.41, 5.74) is 0. The molecular formula is C21H32N2O3. The van der Waals surface area contributed by atoms with Gasteiger partial charge in [0.15, 0.2) is 0 Å². The average Bonchev–Trinajstić information content (AvgIpc) is 2.67. The molecule has 0 spiro atoms. The van der Waals surface area contributed by atoms with E-state index in [9.17, 15) is 9.59 Å². The zero-order valence-corrected chi connectivity index (χ0v) is 15.8. The van der Waals surface area contributed by atoms with Crippen molar-refractivity contribution in [3.05, 3.63) is 0 Å². The van der Waals surface area contributed by atoms with Crippen molar-refractivity contribution in [2.24, 2.45) is 35.5 Å². The van der Waals surface area contributed by atoms with Crippen LogP contribution in [0.15, 0.2) is 0 Å². The molecule has 1 atom stereocenters. The van der Waals surface area contributed by atoms with Crippen LogP contribution < -0.4 is 0 Å². The van der Waals surface area contributed by atoms with Crippen molar-refractivity contribution in [1.29, 1.82) is 0 Å². The van der Waals surface area contributed by atoms with E-state index in [0.717, 1.165) is 31.2 Å². The lowest BCUT2D eigenvalue weighted by molar-refractivity contribution is -0.153. The van der Waals surface area contributed by atoms with Crippen molar-refractivity contribution in [3.8, 4) is 0 Å². The highest BCUT2D eigenvalue weighted by molar-refractivity contribution is 5.83. The Bertz CT molecular complexity index is 544. The van der Waals surface area contributed by atoms with E-state index in [-0.39, 0.29) is 17.7 Å². The summed E-state index contributed by atoms with van der Waals surface area (Å²) in [7, 11) is 0. The van der Waals surface area contributed by atoms with Gasteiger partial charge in [0, 0.05) is 32.1 Å². The molecule has 2 heterocycles. The zero-order chi connectivity index (χ0) is 17.7. The lowest BCUT2D eigenvalue weighted by Crippen LogP contribution is -2.55. The van der Waals surface area contributed by atoms with E-state index in [2.05, 4.69) is 4.90 Å². The highest BCUT2D eigenvalue weighted by Crippen LogP contribution is 2.57. The largest absolute Gasteiger partial charge is 0.378 e. The van der Waals surface area contributed by atoms with Crippen molar-refractivity contribution in [1.82, 2.24) is 9.80 Å². The van der Waals surface area contributed by atoms with Crippen LogP contribution in [0.3, 0.4) is 0 Å². The van der Waals surface area contributed by atoms with Crippen molar-refractivity contribution in [2.45, 2.75) is 44.9 Å². The van der Waals surface area contributed by atoms with Gasteiger partial charge in [-0.15, -0.1) is 0 Å². The summed E-state index contributed by atoms with van der Waals surface area (Å²) >= 11 is 0. The van der Waals surface area contributed by atoms with Crippen LogP contribution >= 0.6 is 0 Å². The minimum atomic E-state index is 0.00244. The van der Waals surface area contributed by atoms with Gasteiger partial charge in [-0.3, -0.25) is 9.59 Å². The number of amides is 2. The third-order valence-corrected chi connectivity index (χ3v) is 7.92. The van der Waals surface area contributed by atoms with Crippen LogP contribution in [0.2, 0.25) is 0 Å². The standard InChI is InChI=1S/C21H32N2O3/c24-20(22-4-6-26-7-5-22)16-2-1-3-23(13-16)21(25)19-17-9-14-8-15(11-17)12-18(19)10-14/h14-19H,1-13H2. The Morgan fingerprint density at radius 3 is 2.08 bits per heavy atom. The van der Waals surface area contributed by atoms with E-state index in [1.165, 1.54) is 32.1 Å². The Labute approximate surface area is 156 Å². The Morgan fingerprint density at radius 1 is 0.769 bits per heavy atom. The van der Waals surface area contributed by atoms with Crippen molar-refractivity contribution < 1.29 is 14.3 Å². The zero-order valence-electron chi connectivity index (χ0n) is 15.8. The van der Waals surface area contributed by atoms with Gasteiger partial charge in [0.25, 0.3) is 0 Å². The maximum Gasteiger partial charge on any atom is 0.227 e. The molecule has 1 unspecified atom stereocenters. The topological polar surface area (TPSA) is 49.9 Å². The van der Waals surface area contributed by atoms with Gasteiger partial charge in [-0.25, -0.2) is 0 Å². The molecule has 0 N–H and O–H groups in total. The molecule has 0 aromatic heterocycles. The molecule has 6 rings (SSSR count). The lowest BCUT2D eigenvalue weighted by atomic mass is 9.51. The number of ether oxygens (including phenoxy) is 1. The summed E-state index contributed by atoms with van der Waals surface area (Å²) in [5.74, 6) is 3.97. The molecular weight excluding hydrogens is 328 g/mol. The van der Waals surface area contributed by atoms with Crippen molar-refractivity contribution in [3.63, 3.8) is 0 Å². The third-order valence-electron chi connectivity index (χ3n) is 7.92. The Hall–Kier alpha value is -1.10. The van der Waals surface area contributed by atoms with Gasteiger partial charge in [-0.2, -0.15) is 0 Å². The first-order chi connectivity index (χ1) is 12.7. The molecule has 2 amide bonds. The maximum absolute atomic E-state index is 13.4. The predicted octanol–water partition coefficient (Wildman–Crippen LogP) is 2.16. The minimum Gasteiger partial charge on any atom is -0.378 e. The Balaban J connectivity index is 1.25. The Morgan fingerprint density at radius 2 is 1.42 bits per heavy atom. The molecule has 0 aromatic carbocycles. The van der Waals surface area contributed by atoms with Crippen LogP contribution in [0, 0.1) is 35.5 Å². The van der Waals surface area contributed by atoms with Gasteiger partial charge in [0.1, 0.15) is 0 Å². The van der Waals surface area contributed by atoms with Gasteiger partial charge in [0.05, 0.1) is 19.1 Å². The first-order valence-corrected chi connectivity index (χ1v) is 10.8. The van der Waals surface area contributed by atoms with Crippen LogP contribution in [0.5, 0.6) is 0 Å². The SMILES string of the molecule is O=C(C1CCCN(C(=O)C2C3CC4CC(C3)CC2C4)C1)N1CCOCC1. The summed E-state index contributed by atoms with van der Waals surface area (Å²) in [6, 6.07) is 0. The number of rotatable bonds is 2. The molecule has 6 fully saturated rings. The van der Waals surface area contributed by atoms with E-state index >= 15 is 0 Å². The highest BCUT2D eigenvalue weighted by atomic mass is 16.5. The second-order valence-corrected chi connectivity index (χ2v) is 9.52. The molecule has 4 bridgehead atoms. The van der Waals surface area contributed by atoms with Crippen LogP contribution in [-0.2, 0) is 14.3 Å². The van der Waals surface area contributed by atoms with Gasteiger partial charge in [-0.1, -0.05) is 0 Å². The number of hydrogen-bond donors (Lipinski definition) is 0. The number of morpholine rings is 1. The molecule has 4 aliphatic carbocycles. The monoisotopic (exact) mass is 360 g/mol. The van der Waals surface area contributed by atoms with Crippen LogP contribution in [0.1, 0.15) is 44.9 Å². The molecule has 6 aliphatic rings. The summed E-state index contributed by atoms with van der Waals surface area (Å²) in [4.78, 5) is 30.3. The van der Waals surface area contributed by atoms with Crippen molar-refractivity contribution >= 4 is 11.8 Å². The second kappa shape index (κ2) is 6.81.